The fraction of sp³-hybridized carbons (Fsp3) is 0.385. The van der Waals surface area contributed by atoms with E-state index in [1.807, 2.05) is 24.3 Å². The zero-order chi connectivity index (χ0) is 13.2. The van der Waals surface area contributed by atoms with Gasteiger partial charge in [0.2, 0.25) is 0 Å². The number of nitrogens with one attached hydrogen (secondary N) is 1. The van der Waals surface area contributed by atoms with Crippen LogP contribution in [0.2, 0.25) is 0 Å². The van der Waals surface area contributed by atoms with Crippen LogP contribution in [-0.4, -0.2) is 17.9 Å². The van der Waals surface area contributed by atoms with Gasteiger partial charge in [0.05, 0.1) is 12.8 Å². The first-order valence-electron chi connectivity index (χ1n) is 6.03. The lowest BCUT2D eigenvalue weighted by molar-refractivity contribution is 0.306. The number of benzene rings is 1. The van der Waals surface area contributed by atoms with E-state index in [0.29, 0.717) is 0 Å². The van der Waals surface area contributed by atoms with Crippen molar-refractivity contribution in [3.8, 4) is 5.75 Å². The number of rotatable bonds is 7. The second kappa shape index (κ2) is 8.47. The van der Waals surface area contributed by atoms with Gasteiger partial charge in [0, 0.05) is 0 Å². The summed E-state index contributed by atoms with van der Waals surface area (Å²) < 4.78 is 5.64. The van der Waals surface area contributed by atoms with Crippen LogP contribution >= 0.6 is 12.2 Å². The molecule has 1 aromatic carbocycles. The molecule has 0 fully saturated rings. The van der Waals surface area contributed by atoms with Crippen molar-refractivity contribution in [2.24, 2.45) is 10.8 Å². The summed E-state index contributed by atoms with van der Waals surface area (Å²) in [6.45, 7) is 2.92. The Labute approximate surface area is 113 Å². The first kappa shape index (κ1) is 14.4. The molecule has 98 valence electrons. The summed E-state index contributed by atoms with van der Waals surface area (Å²) in [6.07, 6.45) is 5.12. The number of thiocarbonyl (C=S) groups is 1. The summed E-state index contributed by atoms with van der Waals surface area (Å²) in [5.41, 5.74) is 8.71. The number of nitrogens with zero attached hydrogens (tertiary/aromatic N) is 1. The van der Waals surface area contributed by atoms with Crippen molar-refractivity contribution in [3.63, 3.8) is 0 Å². The van der Waals surface area contributed by atoms with Gasteiger partial charge in [-0.1, -0.05) is 31.9 Å². The van der Waals surface area contributed by atoms with Gasteiger partial charge < -0.3 is 10.5 Å². The Morgan fingerprint density at radius 1 is 1.50 bits per heavy atom. The molecule has 0 bridgehead atoms. The molecule has 0 heterocycles. The van der Waals surface area contributed by atoms with Crippen LogP contribution in [0.4, 0.5) is 0 Å². The second-order valence-corrected chi connectivity index (χ2v) is 4.30. The van der Waals surface area contributed by atoms with Crippen molar-refractivity contribution in [1.29, 1.82) is 0 Å². The van der Waals surface area contributed by atoms with E-state index in [9.17, 15) is 0 Å². The highest BCUT2D eigenvalue weighted by molar-refractivity contribution is 7.80. The molecule has 0 amide bonds. The Bertz CT molecular complexity index is 407. The topological polar surface area (TPSA) is 59.6 Å². The Morgan fingerprint density at radius 2 is 2.33 bits per heavy atom. The maximum atomic E-state index is 5.64. The van der Waals surface area contributed by atoms with Gasteiger partial charge in [-0.3, -0.25) is 5.43 Å². The predicted molar refractivity (Wildman–Crippen MR) is 79.0 cm³/mol. The number of unbranched alkanes of at least 4 members (excludes halogenated alkanes) is 2. The Balaban J connectivity index is 2.46. The number of hydrogen-bond acceptors (Lipinski definition) is 3. The minimum Gasteiger partial charge on any atom is -0.494 e. The molecule has 0 saturated carbocycles. The summed E-state index contributed by atoms with van der Waals surface area (Å²) in [6, 6.07) is 7.72. The van der Waals surface area contributed by atoms with Gasteiger partial charge in [0.15, 0.2) is 5.11 Å². The summed E-state index contributed by atoms with van der Waals surface area (Å²) in [7, 11) is 0. The fourth-order valence-electron chi connectivity index (χ4n) is 1.40. The minimum atomic E-state index is 0.151. The van der Waals surface area contributed by atoms with E-state index in [0.717, 1.165) is 24.3 Å². The van der Waals surface area contributed by atoms with E-state index in [2.05, 4.69) is 29.7 Å². The smallest absolute Gasteiger partial charge is 0.184 e. The number of ether oxygens (including phenoxy) is 1. The van der Waals surface area contributed by atoms with E-state index in [4.69, 9.17) is 10.5 Å². The molecule has 0 unspecified atom stereocenters. The fourth-order valence-corrected chi connectivity index (χ4v) is 1.45. The van der Waals surface area contributed by atoms with Crippen LogP contribution in [0, 0.1) is 0 Å². The summed E-state index contributed by atoms with van der Waals surface area (Å²) in [5.74, 6) is 0.852. The summed E-state index contributed by atoms with van der Waals surface area (Å²) in [5, 5.41) is 4.05. The lowest BCUT2D eigenvalue weighted by atomic mass is 10.2. The molecule has 3 N–H and O–H groups in total. The summed E-state index contributed by atoms with van der Waals surface area (Å²) in [4.78, 5) is 0. The Kier molecular flexibility index (Phi) is 6.79. The number of nitrogens with two attached hydrogens (primary N) is 1. The number of hydrogen-bond donors (Lipinski definition) is 2. The predicted octanol–water partition coefficient (Wildman–Crippen LogP) is 2.42. The monoisotopic (exact) mass is 265 g/mol. The SMILES string of the molecule is CCCCCOc1cccc(C=NNC(N)=S)c1. The highest BCUT2D eigenvalue weighted by Gasteiger charge is 1.95. The maximum absolute atomic E-state index is 5.64. The van der Waals surface area contributed by atoms with Crippen LogP contribution in [0.5, 0.6) is 5.75 Å². The normalized spacial score (nSPS) is 10.5. The third-order valence-electron chi connectivity index (χ3n) is 2.26. The average Bonchev–Trinajstić information content (AvgIpc) is 2.35. The van der Waals surface area contributed by atoms with Crippen LogP contribution in [0.1, 0.15) is 31.7 Å². The van der Waals surface area contributed by atoms with E-state index >= 15 is 0 Å². The summed E-state index contributed by atoms with van der Waals surface area (Å²) >= 11 is 4.65. The number of hydrazone groups is 1. The first-order valence-corrected chi connectivity index (χ1v) is 6.44. The van der Waals surface area contributed by atoms with E-state index in [1.165, 1.54) is 12.8 Å². The molecule has 0 aliphatic rings. The zero-order valence-electron chi connectivity index (χ0n) is 10.6. The third-order valence-corrected chi connectivity index (χ3v) is 2.35. The molecule has 0 aromatic heterocycles. The van der Waals surface area contributed by atoms with Gasteiger partial charge in [-0.05, 0) is 36.3 Å². The highest BCUT2D eigenvalue weighted by Crippen LogP contribution is 2.12. The van der Waals surface area contributed by atoms with Crippen molar-refractivity contribution in [2.45, 2.75) is 26.2 Å². The largest absolute Gasteiger partial charge is 0.494 e. The van der Waals surface area contributed by atoms with Crippen molar-refractivity contribution in [2.75, 3.05) is 6.61 Å². The Morgan fingerprint density at radius 3 is 3.06 bits per heavy atom. The van der Waals surface area contributed by atoms with Crippen LogP contribution in [0.25, 0.3) is 0 Å². The standard InChI is InChI=1S/C13H19N3OS/c1-2-3-4-8-17-12-7-5-6-11(9-12)10-15-16-13(14)18/h5-7,9-10H,2-4,8H2,1H3,(H3,14,16,18). The molecule has 0 aliphatic heterocycles. The molecule has 1 rings (SSSR count). The van der Waals surface area contributed by atoms with Crippen molar-refractivity contribution >= 4 is 23.5 Å². The van der Waals surface area contributed by atoms with Crippen molar-refractivity contribution in [3.05, 3.63) is 29.8 Å². The molecular formula is C13H19N3OS. The molecule has 0 radical (unpaired) electrons. The average molecular weight is 265 g/mol. The van der Waals surface area contributed by atoms with Crippen LogP contribution in [-0.2, 0) is 0 Å². The first-order chi connectivity index (χ1) is 8.72. The quantitative estimate of drug-likeness (QED) is 0.344. The van der Waals surface area contributed by atoms with Gasteiger partial charge in [-0.2, -0.15) is 5.10 Å². The molecule has 0 saturated heterocycles. The second-order valence-electron chi connectivity index (χ2n) is 3.86. The molecule has 0 spiro atoms. The van der Waals surface area contributed by atoms with Crippen LogP contribution in [0.15, 0.2) is 29.4 Å². The van der Waals surface area contributed by atoms with Gasteiger partial charge in [0.25, 0.3) is 0 Å². The zero-order valence-corrected chi connectivity index (χ0v) is 11.4. The van der Waals surface area contributed by atoms with Crippen molar-refractivity contribution < 1.29 is 4.74 Å². The lowest BCUT2D eigenvalue weighted by Crippen LogP contribution is -2.23. The highest BCUT2D eigenvalue weighted by atomic mass is 32.1. The van der Waals surface area contributed by atoms with Gasteiger partial charge in [-0.15, -0.1) is 0 Å². The molecular weight excluding hydrogens is 246 g/mol. The molecule has 1 aromatic rings. The van der Waals surface area contributed by atoms with E-state index < -0.39 is 0 Å². The molecule has 0 atom stereocenters. The van der Waals surface area contributed by atoms with E-state index in [1.54, 1.807) is 6.21 Å². The van der Waals surface area contributed by atoms with E-state index in [-0.39, 0.29) is 5.11 Å². The maximum Gasteiger partial charge on any atom is 0.184 e. The van der Waals surface area contributed by atoms with Gasteiger partial charge >= 0.3 is 0 Å². The molecule has 18 heavy (non-hydrogen) atoms. The molecule has 4 nitrogen and oxygen atoms in total. The van der Waals surface area contributed by atoms with Crippen molar-refractivity contribution in [1.82, 2.24) is 5.43 Å². The van der Waals surface area contributed by atoms with Crippen LogP contribution in [0.3, 0.4) is 0 Å². The molecule has 5 heteroatoms. The van der Waals surface area contributed by atoms with Gasteiger partial charge in [-0.25, -0.2) is 0 Å². The molecule has 0 aliphatic carbocycles. The lowest BCUT2D eigenvalue weighted by Gasteiger charge is -2.06. The third kappa shape index (κ3) is 6.20. The van der Waals surface area contributed by atoms with Gasteiger partial charge in [0.1, 0.15) is 5.75 Å². The van der Waals surface area contributed by atoms with Crippen LogP contribution < -0.4 is 15.9 Å². The Hall–Kier alpha value is -1.62. The minimum absolute atomic E-state index is 0.151.